The third-order valence-electron chi connectivity index (χ3n) is 2.29. The van der Waals surface area contributed by atoms with Crippen molar-refractivity contribution in [2.24, 2.45) is 7.05 Å². The maximum absolute atomic E-state index is 9.33. The molecule has 2 N–H and O–H groups in total. The minimum absolute atomic E-state index is 0.0876. The molecule has 0 saturated heterocycles. The van der Waals surface area contributed by atoms with Crippen LogP contribution in [-0.2, 0) is 13.5 Å². The smallest absolute Gasteiger partial charge is 0.116 e. The lowest BCUT2D eigenvalue weighted by atomic mass is 10.1. The number of aromatic nitrogens is 2. The van der Waals surface area contributed by atoms with E-state index >= 15 is 0 Å². The first-order valence-electron chi connectivity index (χ1n) is 4.48. The van der Waals surface area contributed by atoms with E-state index in [1.54, 1.807) is 22.9 Å². The van der Waals surface area contributed by atoms with Crippen LogP contribution in [0, 0.1) is 0 Å². The van der Waals surface area contributed by atoms with E-state index in [9.17, 15) is 5.11 Å². The first-order valence-corrected chi connectivity index (χ1v) is 4.48. The maximum Gasteiger partial charge on any atom is 0.116 e. The lowest BCUT2D eigenvalue weighted by Crippen LogP contribution is -2.00. The Morgan fingerprint density at radius 3 is 2.93 bits per heavy atom. The zero-order valence-electron chi connectivity index (χ0n) is 7.94. The molecule has 2 rings (SSSR count). The van der Waals surface area contributed by atoms with E-state index in [1.807, 2.05) is 7.05 Å². The molecular weight excluding hydrogens is 180 g/mol. The molecule has 0 aliphatic carbocycles. The van der Waals surface area contributed by atoms with Gasteiger partial charge >= 0.3 is 0 Å². The number of phenolic OH excluding ortho intramolecular Hbond substituents is 1. The molecule has 0 fully saturated rings. The molecule has 0 aliphatic rings. The minimum Gasteiger partial charge on any atom is -0.508 e. The SMILES string of the molecule is Cn1nc2ccc(O)cc2c1CCO. The molecule has 0 atom stereocenters. The van der Waals surface area contributed by atoms with Crippen molar-refractivity contribution in [2.75, 3.05) is 6.61 Å². The van der Waals surface area contributed by atoms with Gasteiger partial charge in [-0.1, -0.05) is 0 Å². The Labute approximate surface area is 81.4 Å². The summed E-state index contributed by atoms with van der Waals surface area (Å²) in [6.07, 6.45) is 0.552. The normalized spacial score (nSPS) is 11.0. The lowest BCUT2D eigenvalue weighted by Gasteiger charge is -1.98. The highest BCUT2D eigenvalue weighted by Crippen LogP contribution is 2.22. The van der Waals surface area contributed by atoms with Crippen LogP contribution < -0.4 is 0 Å². The second-order valence-corrected chi connectivity index (χ2v) is 3.25. The van der Waals surface area contributed by atoms with Crippen LogP contribution in [0.25, 0.3) is 10.9 Å². The summed E-state index contributed by atoms with van der Waals surface area (Å²) in [6.45, 7) is 0.0876. The van der Waals surface area contributed by atoms with E-state index in [0.29, 0.717) is 6.42 Å². The highest BCUT2D eigenvalue weighted by atomic mass is 16.3. The number of aliphatic hydroxyl groups is 1. The van der Waals surface area contributed by atoms with Crippen molar-refractivity contribution in [3.63, 3.8) is 0 Å². The molecule has 2 aromatic rings. The monoisotopic (exact) mass is 192 g/mol. The molecule has 0 saturated carbocycles. The molecule has 4 nitrogen and oxygen atoms in total. The largest absolute Gasteiger partial charge is 0.508 e. The van der Waals surface area contributed by atoms with Gasteiger partial charge in [0.15, 0.2) is 0 Å². The number of nitrogens with zero attached hydrogens (tertiary/aromatic N) is 2. The van der Waals surface area contributed by atoms with Crippen LogP contribution in [0.2, 0.25) is 0 Å². The van der Waals surface area contributed by atoms with E-state index in [4.69, 9.17) is 5.11 Å². The van der Waals surface area contributed by atoms with Crippen LogP contribution in [0.3, 0.4) is 0 Å². The van der Waals surface area contributed by atoms with Crippen molar-refractivity contribution in [1.82, 2.24) is 9.78 Å². The average Bonchev–Trinajstić information content (AvgIpc) is 2.45. The van der Waals surface area contributed by atoms with Gasteiger partial charge in [0.25, 0.3) is 0 Å². The van der Waals surface area contributed by atoms with Gasteiger partial charge in [0.2, 0.25) is 0 Å². The van der Waals surface area contributed by atoms with E-state index in [-0.39, 0.29) is 12.4 Å². The first-order chi connectivity index (χ1) is 6.72. The number of fused-ring (bicyclic) bond motifs is 1. The minimum atomic E-state index is 0.0876. The molecule has 1 heterocycles. The summed E-state index contributed by atoms with van der Waals surface area (Å²) in [7, 11) is 1.84. The molecule has 1 aromatic carbocycles. The fraction of sp³-hybridized carbons (Fsp3) is 0.300. The zero-order valence-corrected chi connectivity index (χ0v) is 7.94. The summed E-state index contributed by atoms with van der Waals surface area (Å²) in [5.41, 5.74) is 1.78. The average molecular weight is 192 g/mol. The number of benzene rings is 1. The van der Waals surface area contributed by atoms with Gasteiger partial charge in [-0.15, -0.1) is 0 Å². The number of rotatable bonds is 2. The first kappa shape index (κ1) is 9.02. The molecule has 74 valence electrons. The molecule has 14 heavy (non-hydrogen) atoms. The van der Waals surface area contributed by atoms with Gasteiger partial charge in [-0.3, -0.25) is 4.68 Å². The Balaban J connectivity index is 2.66. The van der Waals surface area contributed by atoms with Crippen molar-refractivity contribution in [1.29, 1.82) is 0 Å². The Morgan fingerprint density at radius 2 is 2.21 bits per heavy atom. The van der Waals surface area contributed by atoms with Crippen molar-refractivity contribution in [3.05, 3.63) is 23.9 Å². The zero-order chi connectivity index (χ0) is 10.1. The van der Waals surface area contributed by atoms with E-state index in [0.717, 1.165) is 16.6 Å². The highest BCUT2D eigenvalue weighted by Gasteiger charge is 2.08. The van der Waals surface area contributed by atoms with E-state index in [2.05, 4.69) is 5.10 Å². The number of hydrogen-bond donors (Lipinski definition) is 2. The fourth-order valence-corrected chi connectivity index (χ4v) is 1.64. The third kappa shape index (κ3) is 1.33. The van der Waals surface area contributed by atoms with Crippen LogP contribution in [0.1, 0.15) is 5.69 Å². The van der Waals surface area contributed by atoms with E-state index < -0.39 is 0 Å². The topological polar surface area (TPSA) is 58.3 Å². The van der Waals surface area contributed by atoms with E-state index in [1.165, 1.54) is 0 Å². The predicted octanol–water partition coefficient (Wildman–Crippen LogP) is 0.814. The molecule has 0 unspecified atom stereocenters. The summed E-state index contributed by atoms with van der Waals surface area (Å²) < 4.78 is 1.74. The van der Waals surface area contributed by atoms with Gasteiger partial charge in [-0.05, 0) is 18.2 Å². The summed E-state index contributed by atoms with van der Waals surface area (Å²) in [5, 5.41) is 23.4. The fourth-order valence-electron chi connectivity index (χ4n) is 1.64. The maximum atomic E-state index is 9.33. The molecule has 0 aliphatic heterocycles. The van der Waals surface area contributed by atoms with Crippen LogP contribution >= 0.6 is 0 Å². The molecule has 4 heteroatoms. The van der Waals surface area contributed by atoms with Gasteiger partial charge in [0.05, 0.1) is 5.52 Å². The van der Waals surface area contributed by atoms with Crippen molar-refractivity contribution < 1.29 is 10.2 Å². The molecule has 1 aromatic heterocycles. The van der Waals surface area contributed by atoms with Crippen LogP contribution in [0.15, 0.2) is 18.2 Å². The molecule has 0 radical (unpaired) electrons. The Kier molecular flexibility index (Phi) is 2.13. The van der Waals surface area contributed by atoms with Gasteiger partial charge in [-0.25, -0.2) is 0 Å². The second kappa shape index (κ2) is 3.31. The van der Waals surface area contributed by atoms with Crippen LogP contribution in [0.4, 0.5) is 0 Å². The van der Waals surface area contributed by atoms with Crippen LogP contribution in [0.5, 0.6) is 5.75 Å². The number of aryl methyl sites for hydroxylation is 1. The number of hydrogen-bond acceptors (Lipinski definition) is 3. The van der Waals surface area contributed by atoms with Crippen molar-refractivity contribution in [3.8, 4) is 5.75 Å². The summed E-state index contributed by atoms with van der Waals surface area (Å²) in [4.78, 5) is 0. The molecule has 0 spiro atoms. The Morgan fingerprint density at radius 1 is 1.43 bits per heavy atom. The molecule has 0 amide bonds. The highest BCUT2D eigenvalue weighted by molar-refractivity contribution is 5.83. The van der Waals surface area contributed by atoms with Gasteiger partial charge in [-0.2, -0.15) is 5.10 Å². The quantitative estimate of drug-likeness (QED) is 0.740. The Bertz CT molecular complexity index is 462. The summed E-state index contributed by atoms with van der Waals surface area (Å²) in [6, 6.07) is 5.05. The van der Waals surface area contributed by atoms with Gasteiger partial charge in [0.1, 0.15) is 5.75 Å². The van der Waals surface area contributed by atoms with Gasteiger partial charge in [0, 0.05) is 31.2 Å². The second-order valence-electron chi connectivity index (χ2n) is 3.25. The number of aromatic hydroxyl groups is 1. The van der Waals surface area contributed by atoms with Gasteiger partial charge < -0.3 is 10.2 Å². The Hall–Kier alpha value is -1.55. The summed E-state index contributed by atoms with van der Waals surface area (Å²) >= 11 is 0. The molecular formula is C10H12N2O2. The van der Waals surface area contributed by atoms with Crippen LogP contribution in [-0.4, -0.2) is 26.6 Å². The summed E-state index contributed by atoms with van der Waals surface area (Å²) in [5.74, 6) is 0.227. The number of phenols is 1. The third-order valence-corrected chi connectivity index (χ3v) is 2.29. The lowest BCUT2D eigenvalue weighted by molar-refractivity contribution is 0.296. The molecule has 0 bridgehead atoms. The standard InChI is InChI=1S/C10H12N2O2/c1-12-10(4-5-13)8-6-7(14)2-3-9(8)11-12/h2-3,6,13-14H,4-5H2,1H3. The van der Waals surface area contributed by atoms with Crippen molar-refractivity contribution >= 4 is 10.9 Å². The predicted molar refractivity (Wildman–Crippen MR) is 53.2 cm³/mol. The number of aliphatic hydroxyl groups excluding tert-OH is 1. The van der Waals surface area contributed by atoms with Crippen molar-refractivity contribution in [2.45, 2.75) is 6.42 Å².